The van der Waals surface area contributed by atoms with Crippen LogP contribution in [-0.2, 0) is 16.4 Å². The number of fused-ring (bicyclic) bond motifs is 3. The molecule has 0 amide bonds. The fourth-order valence-corrected chi connectivity index (χ4v) is 7.14. The highest BCUT2D eigenvalue weighted by Crippen LogP contribution is 2.46. The minimum absolute atomic E-state index is 0.0664. The maximum atomic E-state index is 13.0. The van der Waals surface area contributed by atoms with Gasteiger partial charge in [-0.1, -0.05) is 12.1 Å². The molecule has 26 heavy (non-hydrogen) atoms. The zero-order valence-corrected chi connectivity index (χ0v) is 15.7. The summed E-state index contributed by atoms with van der Waals surface area (Å²) in [5.41, 5.74) is 3.11. The maximum Gasteiger partial charge on any atom is 0.183 e. The Labute approximate surface area is 157 Å². The maximum absolute atomic E-state index is 13.0. The van der Waals surface area contributed by atoms with E-state index in [0.717, 1.165) is 29.8 Å². The second kappa shape index (κ2) is 6.01. The van der Waals surface area contributed by atoms with E-state index in [2.05, 4.69) is 27.4 Å². The molecule has 0 bridgehead atoms. The molecule has 1 saturated heterocycles. The minimum atomic E-state index is -3.24. The predicted molar refractivity (Wildman–Crippen MR) is 103 cm³/mol. The number of thiophene rings is 1. The van der Waals surface area contributed by atoms with E-state index in [0.29, 0.717) is 11.4 Å². The van der Waals surface area contributed by atoms with E-state index in [1.807, 2.05) is 24.3 Å². The second-order valence-electron chi connectivity index (χ2n) is 6.95. The monoisotopic (exact) mass is 382 g/mol. The molecule has 3 aromatic rings. The van der Waals surface area contributed by atoms with Crippen LogP contribution in [-0.4, -0.2) is 36.6 Å². The van der Waals surface area contributed by atoms with E-state index < -0.39 is 9.84 Å². The first-order valence-corrected chi connectivity index (χ1v) is 11.1. The van der Waals surface area contributed by atoms with Crippen molar-refractivity contribution < 1.29 is 8.42 Å². The Morgan fingerprint density at radius 1 is 1.08 bits per heavy atom. The van der Waals surface area contributed by atoms with E-state index in [1.165, 1.54) is 4.88 Å². The molecule has 0 aliphatic carbocycles. The quantitative estimate of drug-likeness (QED) is 0.695. The molecule has 2 aliphatic heterocycles. The van der Waals surface area contributed by atoms with Crippen molar-refractivity contribution in [2.24, 2.45) is 0 Å². The van der Waals surface area contributed by atoms with Crippen LogP contribution in [0.1, 0.15) is 16.4 Å². The highest BCUT2D eigenvalue weighted by Gasteiger charge is 2.50. The van der Waals surface area contributed by atoms with Gasteiger partial charge in [0.1, 0.15) is 0 Å². The number of hydrogen-bond donors (Lipinski definition) is 0. The summed E-state index contributed by atoms with van der Waals surface area (Å²) in [6.45, 7) is 2.25. The molecule has 0 saturated carbocycles. The summed E-state index contributed by atoms with van der Waals surface area (Å²) < 4.78 is 26.1. The normalized spacial score (nSPS) is 23.7. The Hall–Kier alpha value is -2.02. The molecule has 0 N–H and O–H groups in total. The number of pyridine rings is 1. The number of rotatable bonds is 3. The van der Waals surface area contributed by atoms with Crippen LogP contribution in [0, 0.1) is 0 Å². The summed E-state index contributed by atoms with van der Waals surface area (Å²) in [6, 6.07) is 13.9. The topological polar surface area (TPSA) is 50.3 Å². The fraction of sp³-hybridized carbons (Fsp3) is 0.250. The smallest absolute Gasteiger partial charge is 0.183 e. The summed E-state index contributed by atoms with van der Waals surface area (Å²) in [5.74, 6) is 0.0664. The van der Waals surface area contributed by atoms with Crippen LogP contribution in [0.5, 0.6) is 0 Å². The summed E-state index contributed by atoms with van der Waals surface area (Å²) in [5, 5.41) is 1.75. The van der Waals surface area contributed by atoms with Crippen LogP contribution >= 0.6 is 11.3 Å². The van der Waals surface area contributed by atoms with Gasteiger partial charge in [-0.25, -0.2) is 8.42 Å². The van der Waals surface area contributed by atoms with Crippen molar-refractivity contribution in [3.05, 3.63) is 70.7 Å². The molecule has 4 nitrogen and oxygen atoms in total. The molecular formula is C20H18N2O2S2. The van der Waals surface area contributed by atoms with Gasteiger partial charge in [0.15, 0.2) is 9.84 Å². The van der Waals surface area contributed by atoms with Crippen LogP contribution in [0.3, 0.4) is 0 Å². The molecule has 1 aromatic carbocycles. The van der Waals surface area contributed by atoms with E-state index in [9.17, 15) is 8.42 Å². The molecule has 2 aliphatic rings. The minimum Gasteiger partial charge on any atom is -0.296 e. The van der Waals surface area contributed by atoms with Crippen molar-refractivity contribution in [2.75, 3.05) is 13.1 Å². The highest BCUT2D eigenvalue weighted by molar-refractivity contribution is 7.92. The van der Waals surface area contributed by atoms with E-state index >= 15 is 0 Å². The van der Waals surface area contributed by atoms with Crippen LogP contribution in [0.25, 0.3) is 11.1 Å². The first-order chi connectivity index (χ1) is 12.6. The van der Waals surface area contributed by atoms with Gasteiger partial charge in [-0.3, -0.25) is 9.88 Å². The van der Waals surface area contributed by atoms with Crippen molar-refractivity contribution in [1.82, 2.24) is 9.88 Å². The number of hydrogen-bond acceptors (Lipinski definition) is 5. The number of benzene rings is 1. The predicted octanol–water partition coefficient (Wildman–Crippen LogP) is 3.57. The van der Waals surface area contributed by atoms with Gasteiger partial charge in [-0.05, 0) is 52.4 Å². The summed E-state index contributed by atoms with van der Waals surface area (Å²) in [4.78, 5) is 8.16. The van der Waals surface area contributed by atoms with Gasteiger partial charge in [0.25, 0.3) is 0 Å². The lowest BCUT2D eigenvalue weighted by molar-refractivity contribution is 0.328. The van der Waals surface area contributed by atoms with Crippen LogP contribution in [0.15, 0.2) is 65.1 Å². The van der Waals surface area contributed by atoms with E-state index in [4.69, 9.17) is 0 Å². The van der Waals surface area contributed by atoms with Crippen LogP contribution in [0.2, 0.25) is 0 Å². The van der Waals surface area contributed by atoms with Gasteiger partial charge < -0.3 is 0 Å². The molecule has 0 spiro atoms. The number of nitrogens with zero attached hydrogens (tertiary/aromatic N) is 2. The molecule has 132 valence electrons. The van der Waals surface area contributed by atoms with Crippen molar-refractivity contribution in [1.29, 1.82) is 0 Å². The SMILES string of the molecule is O=S1(=O)c2ccc(-c3ccncc3)cc2C2CN(Cc3cccs3)CC21. The van der Waals surface area contributed by atoms with Crippen molar-refractivity contribution in [3.8, 4) is 11.1 Å². The Kier molecular flexibility index (Phi) is 3.74. The summed E-state index contributed by atoms with van der Waals surface area (Å²) in [6.07, 6.45) is 3.53. The third-order valence-corrected chi connectivity index (χ3v) is 8.55. The van der Waals surface area contributed by atoms with Crippen molar-refractivity contribution in [2.45, 2.75) is 22.6 Å². The third-order valence-electron chi connectivity index (χ3n) is 5.43. The molecule has 2 unspecified atom stereocenters. The van der Waals surface area contributed by atoms with Gasteiger partial charge in [-0.2, -0.15) is 0 Å². The van der Waals surface area contributed by atoms with Gasteiger partial charge in [0, 0.05) is 42.8 Å². The van der Waals surface area contributed by atoms with Gasteiger partial charge in [-0.15, -0.1) is 11.3 Å². The lowest BCUT2D eigenvalue weighted by atomic mass is 9.95. The molecule has 4 heterocycles. The molecular weight excluding hydrogens is 364 g/mol. The average molecular weight is 383 g/mol. The van der Waals surface area contributed by atoms with Crippen LogP contribution in [0.4, 0.5) is 0 Å². The highest BCUT2D eigenvalue weighted by atomic mass is 32.2. The number of aromatic nitrogens is 1. The second-order valence-corrected chi connectivity index (χ2v) is 10.1. The van der Waals surface area contributed by atoms with Gasteiger partial charge in [0.2, 0.25) is 0 Å². The van der Waals surface area contributed by atoms with Gasteiger partial charge in [0.05, 0.1) is 10.1 Å². The molecule has 1 fully saturated rings. The lowest BCUT2D eigenvalue weighted by Gasteiger charge is -2.16. The number of likely N-dealkylation sites (tertiary alicyclic amines) is 1. The first-order valence-electron chi connectivity index (χ1n) is 8.66. The van der Waals surface area contributed by atoms with Crippen LogP contribution < -0.4 is 0 Å². The molecule has 6 heteroatoms. The van der Waals surface area contributed by atoms with Crippen molar-refractivity contribution in [3.63, 3.8) is 0 Å². The standard InChI is InChI=1S/C20H18N2O2S2/c23-26(24)19-4-3-15(14-5-7-21-8-6-14)10-17(19)18-12-22(13-20(18)26)11-16-2-1-9-25-16/h1-10,18,20H,11-13H2. The Balaban J connectivity index is 1.51. The number of sulfone groups is 1. The molecule has 0 radical (unpaired) electrons. The summed E-state index contributed by atoms with van der Waals surface area (Å²) in [7, 11) is -3.24. The Bertz CT molecular complexity index is 1050. The Morgan fingerprint density at radius 3 is 2.69 bits per heavy atom. The largest absolute Gasteiger partial charge is 0.296 e. The molecule has 2 atom stereocenters. The first kappa shape index (κ1) is 16.2. The van der Waals surface area contributed by atoms with E-state index in [-0.39, 0.29) is 11.2 Å². The zero-order chi connectivity index (χ0) is 17.7. The Morgan fingerprint density at radius 2 is 1.92 bits per heavy atom. The van der Waals surface area contributed by atoms with Crippen molar-refractivity contribution >= 4 is 21.2 Å². The summed E-state index contributed by atoms with van der Waals surface area (Å²) >= 11 is 1.73. The fourth-order valence-electron chi connectivity index (χ4n) is 4.20. The van der Waals surface area contributed by atoms with Gasteiger partial charge >= 0.3 is 0 Å². The molecule has 2 aromatic heterocycles. The average Bonchev–Trinajstić information content (AvgIpc) is 3.36. The van der Waals surface area contributed by atoms with E-state index in [1.54, 1.807) is 29.8 Å². The lowest BCUT2D eigenvalue weighted by Crippen LogP contribution is -2.25. The molecule has 5 rings (SSSR count). The zero-order valence-electron chi connectivity index (χ0n) is 14.1. The third kappa shape index (κ3) is 2.52.